The Kier molecular flexibility index (Phi) is 6.81. The van der Waals surface area contributed by atoms with Gasteiger partial charge in [0.1, 0.15) is 0 Å². The molecule has 5 nitrogen and oxygen atoms in total. The van der Waals surface area contributed by atoms with Crippen LogP contribution >= 0.6 is 23.2 Å². The molecule has 0 saturated carbocycles. The third kappa shape index (κ3) is 5.63. The van der Waals surface area contributed by atoms with Crippen molar-refractivity contribution >= 4 is 46.4 Å². The first-order valence-electron chi connectivity index (χ1n) is 9.30. The molecule has 0 spiro atoms. The Hall–Kier alpha value is -2.24. The highest BCUT2D eigenvalue weighted by molar-refractivity contribution is 6.35. The van der Waals surface area contributed by atoms with E-state index in [4.69, 9.17) is 23.2 Å². The van der Waals surface area contributed by atoms with Crippen molar-refractivity contribution in [3.8, 4) is 0 Å². The molecule has 0 aromatic heterocycles. The molecule has 28 heavy (non-hydrogen) atoms. The van der Waals surface area contributed by atoms with Crippen molar-refractivity contribution in [1.82, 2.24) is 4.90 Å². The van der Waals surface area contributed by atoms with Crippen LogP contribution in [0.25, 0.3) is 0 Å². The van der Waals surface area contributed by atoms with Crippen LogP contribution in [-0.2, 0) is 4.79 Å². The summed E-state index contributed by atoms with van der Waals surface area (Å²) >= 11 is 11.9. The van der Waals surface area contributed by atoms with E-state index in [9.17, 15) is 9.59 Å². The molecule has 0 aliphatic carbocycles. The third-order valence-corrected chi connectivity index (χ3v) is 5.24. The molecule has 148 valence electrons. The van der Waals surface area contributed by atoms with Crippen molar-refractivity contribution < 1.29 is 9.59 Å². The zero-order valence-corrected chi connectivity index (χ0v) is 17.2. The Morgan fingerprint density at radius 1 is 1.00 bits per heavy atom. The maximum atomic E-state index is 12.6. The number of carbonyl (C=O) groups excluding carboxylic acids is 2. The average molecular weight is 420 g/mol. The van der Waals surface area contributed by atoms with Crippen molar-refractivity contribution in [2.45, 2.75) is 19.8 Å². The van der Waals surface area contributed by atoms with Gasteiger partial charge < -0.3 is 15.5 Å². The molecule has 7 heteroatoms. The Balaban J connectivity index is 1.52. The van der Waals surface area contributed by atoms with E-state index in [0.29, 0.717) is 32.9 Å². The average Bonchev–Trinajstić information content (AvgIpc) is 2.66. The highest BCUT2D eigenvalue weighted by Crippen LogP contribution is 2.22. The Morgan fingerprint density at radius 2 is 1.61 bits per heavy atom. The van der Waals surface area contributed by atoms with Crippen LogP contribution in [0.3, 0.4) is 0 Å². The van der Waals surface area contributed by atoms with Crippen molar-refractivity contribution in [3.63, 3.8) is 0 Å². The molecule has 0 atom stereocenters. The van der Waals surface area contributed by atoms with E-state index in [1.165, 1.54) is 0 Å². The molecule has 2 N–H and O–H groups in total. The second kappa shape index (κ2) is 9.30. The second-order valence-electron chi connectivity index (χ2n) is 7.11. The van der Waals surface area contributed by atoms with Crippen molar-refractivity contribution in [2.24, 2.45) is 5.92 Å². The predicted octanol–water partition coefficient (Wildman–Crippen LogP) is 4.92. The van der Waals surface area contributed by atoms with Gasteiger partial charge in [-0.1, -0.05) is 30.1 Å². The normalized spacial score (nSPS) is 14.6. The number of likely N-dealkylation sites (tertiary alicyclic amines) is 1. The number of rotatable bonds is 5. The Bertz CT molecular complexity index is 827. The maximum absolute atomic E-state index is 12.6. The van der Waals surface area contributed by atoms with E-state index in [1.54, 1.807) is 42.5 Å². The minimum Gasteiger partial charge on any atom is -0.376 e. The van der Waals surface area contributed by atoms with Crippen molar-refractivity contribution in [3.05, 3.63) is 58.1 Å². The fraction of sp³-hybridized carbons (Fsp3) is 0.333. The summed E-state index contributed by atoms with van der Waals surface area (Å²) in [5, 5.41) is 6.78. The molecule has 0 radical (unpaired) electrons. The van der Waals surface area contributed by atoms with Crippen LogP contribution in [0.15, 0.2) is 42.5 Å². The van der Waals surface area contributed by atoms with E-state index < -0.39 is 0 Å². The fourth-order valence-corrected chi connectivity index (χ4v) is 3.66. The lowest BCUT2D eigenvalue weighted by molar-refractivity contribution is -0.114. The summed E-state index contributed by atoms with van der Waals surface area (Å²) in [6.07, 6.45) is 2.09. The van der Waals surface area contributed by atoms with Crippen LogP contribution in [0.1, 0.15) is 30.1 Å². The molecule has 1 heterocycles. The van der Waals surface area contributed by atoms with E-state index >= 15 is 0 Å². The highest BCUT2D eigenvalue weighted by atomic mass is 35.5. The van der Waals surface area contributed by atoms with Gasteiger partial charge in [-0.2, -0.15) is 0 Å². The minimum absolute atomic E-state index is 0.0456. The Labute approximate surface area is 175 Å². The number of amides is 2. The molecular formula is C21H23Cl2N3O2. The number of carbonyl (C=O) groups is 2. The highest BCUT2D eigenvalue weighted by Gasteiger charge is 2.21. The number of nitrogens with zero attached hydrogens (tertiary/aromatic N) is 1. The summed E-state index contributed by atoms with van der Waals surface area (Å²) in [6.45, 7) is 3.90. The summed E-state index contributed by atoms with van der Waals surface area (Å²) < 4.78 is 0. The molecule has 3 rings (SSSR count). The van der Waals surface area contributed by atoms with Crippen LogP contribution in [0.2, 0.25) is 10.0 Å². The van der Waals surface area contributed by atoms with Gasteiger partial charge >= 0.3 is 0 Å². The summed E-state index contributed by atoms with van der Waals surface area (Å²) in [6, 6.07) is 12.0. The van der Waals surface area contributed by atoms with Crippen LogP contribution in [0, 0.1) is 5.92 Å². The lowest BCUT2D eigenvalue weighted by Gasteiger charge is -2.30. The molecule has 2 amide bonds. The Morgan fingerprint density at radius 3 is 2.21 bits per heavy atom. The summed E-state index contributed by atoms with van der Waals surface area (Å²) in [5.74, 6) is 0.516. The molecule has 2 aromatic carbocycles. The van der Waals surface area contributed by atoms with Gasteiger partial charge in [0.25, 0.3) is 5.91 Å². The molecule has 1 fully saturated rings. The summed E-state index contributed by atoms with van der Waals surface area (Å²) in [5.41, 5.74) is 1.95. The first kappa shape index (κ1) is 20.5. The minimum atomic E-state index is -0.208. The molecule has 1 aliphatic heterocycles. The SMILES string of the molecule is CC1CCN(C(=O)c2ccc(NC(=O)CNc3cc(Cl)cc(Cl)c3)cc2)CC1. The van der Waals surface area contributed by atoms with Gasteiger partial charge in [0, 0.05) is 40.1 Å². The lowest BCUT2D eigenvalue weighted by atomic mass is 9.98. The summed E-state index contributed by atoms with van der Waals surface area (Å²) in [7, 11) is 0. The molecule has 0 unspecified atom stereocenters. The molecule has 1 saturated heterocycles. The molecule has 1 aliphatic rings. The number of anilines is 2. The maximum Gasteiger partial charge on any atom is 0.253 e. The van der Waals surface area contributed by atoms with Gasteiger partial charge in [-0.3, -0.25) is 9.59 Å². The van der Waals surface area contributed by atoms with Gasteiger partial charge in [0.15, 0.2) is 0 Å². The number of nitrogens with one attached hydrogen (secondary N) is 2. The van der Waals surface area contributed by atoms with E-state index in [1.807, 2.05) is 4.90 Å². The smallest absolute Gasteiger partial charge is 0.253 e. The van der Waals surface area contributed by atoms with Gasteiger partial charge in [0.2, 0.25) is 5.91 Å². The first-order valence-corrected chi connectivity index (χ1v) is 10.1. The monoisotopic (exact) mass is 419 g/mol. The second-order valence-corrected chi connectivity index (χ2v) is 7.98. The number of hydrogen-bond acceptors (Lipinski definition) is 3. The fourth-order valence-electron chi connectivity index (χ4n) is 3.13. The van der Waals surface area contributed by atoms with Gasteiger partial charge in [-0.05, 0) is 61.2 Å². The van der Waals surface area contributed by atoms with Crippen LogP contribution in [-0.4, -0.2) is 36.3 Å². The zero-order chi connectivity index (χ0) is 20.1. The van der Waals surface area contributed by atoms with E-state index in [-0.39, 0.29) is 18.4 Å². The number of benzene rings is 2. The predicted molar refractivity (Wildman–Crippen MR) is 114 cm³/mol. The third-order valence-electron chi connectivity index (χ3n) is 4.80. The number of hydrogen-bond donors (Lipinski definition) is 2. The van der Waals surface area contributed by atoms with Gasteiger partial charge in [-0.15, -0.1) is 0 Å². The van der Waals surface area contributed by atoms with Crippen molar-refractivity contribution in [2.75, 3.05) is 30.3 Å². The lowest BCUT2D eigenvalue weighted by Crippen LogP contribution is -2.37. The van der Waals surface area contributed by atoms with Crippen LogP contribution < -0.4 is 10.6 Å². The van der Waals surface area contributed by atoms with Gasteiger partial charge in [0.05, 0.1) is 6.54 Å². The topological polar surface area (TPSA) is 61.4 Å². The quantitative estimate of drug-likeness (QED) is 0.722. The molecule has 2 aromatic rings. The van der Waals surface area contributed by atoms with E-state index in [2.05, 4.69) is 17.6 Å². The van der Waals surface area contributed by atoms with Crippen molar-refractivity contribution in [1.29, 1.82) is 0 Å². The van der Waals surface area contributed by atoms with Crippen LogP contribution in [0.5, 0.6) is 0 Å². The molecular weight excluding hydrogens is 397 g/mol. The zero-order valence-electron chi connectivity index (χ0n) is 15.7. The molecule has 0 bridgehead atoms. The van der Waals surface area contributed by atoms with E-state index in [0.717, 1.165) is 25.9 Å². The van der Waals surface area contributed by atoms with Crippen LogP contribution in [0.4, 0.5) is 11.4 Å². The number of piperidine rings is 1. The standard InChI is InChI=1S/C21H23Cl2N3O2/c1-14-6-8-26(9-7-14)21(28)15-2-4-18(5-3-15)25-20(27)13-24-19-11-16(22)10-17(23)12-19/h2-5,10-12,14,24H,6-9,13H2,1H3,(H,25,27). The first-order chi connectivity index (χ1) is 13.4. The number of halogens is 2. The van der Waals surface area contributed by atoms with Gasteiger partial charge in [-0.25, -0.2) is 0 Å². The largest absolute Gasteiger partial charge is 0.376 e. The summed E-state index contributed by atoms with van der Waals surface area (Å²) in [4.78, 5) is 26.6.